The Balaban J connectivity index is 1.27. The van der Waals surface area contributed by atoms with Gasteiger partial charge in [-0.15, -0.1) is 11.3 Å². The lowest BCUT2D eigenvalue weighted by Gasteiger charge is -2.40. The fraction of sp³-hybridized carbons (Fsp3) is 0.682. The van der Waals surface area contributed by atoms with Crippen molar-refractivity contribution < 1.29 is 18.3 Å². The van der Waals surface area contributed by atoms with E-state index in [0.29, 0.717) is 31.4 Å². The molecule has 3 heterocycles. The van der Waals surface area contributed by atoms with E-state index in [4.69, 9.17) is 4.74 Å². The standard InChI is InChI=1S/C22H27F2N3O2S/c23-22(24)8-10-27(11-9-22)15-2-4-16(5-3-15)29-20-19-18-14(7-12-28)1-6-17(18)30-21(19)26-13-25-20/h12-16H,1-11H2/t14-,15?,16?/m1/s1. The number of aryl methyl sites for hydroxylation is 1. The fourth-order valence-corrected chi connectivity index (χ4v) is 6.62. The quantitative estimate of drug-likeness (QED) is 0.636. The number of alkyl halides is 2. The zero-order valence-electron chi connectivity index (χ0n) is 17.0. The van der Waals surface area contributed by atoms with Crippen molar-refractivity contribution in [2.24, 2.45) is 0 Å². The predicted molar refractivity (Wildman–Crippen MR) is 112 cm³/mol. The minimum Gasteiger partial charge on any atom is -0.474 e. The summed E-state index contributed by atoms with van der Waals surface area (Å²) in [5, 5.41) is 1.00. The molecule has 1 saturated heterocycles. The summed E-state index contributed by atoms with van der Waals surface area (Å²) in [7, 11) is 0. The average Bonchev–Trinajstić information content (AvgIpc) is 3.29. The van der Waals surface area contributed by atoms with Crippen LogP contribution in [-0.4, -0.2) is 52.3 Å². The van der Waals surface area contributed by atoms with E-state index in [-0.39, 0.29) is 24.9 Å². The summed E-state index contributed by atoms with van der Waals surface area (Å²) in [6.07, 6.45) is 8.92. The molecule has 30 heavy (non-hydrogen) atoms. The number of aromatic nitrogens is 2. The van der Waals surface area contributed by atoms with Crippen LogP contribution >= 0.6 is 11.3 Å². The Morgan fingerprint density at radius 1 is 1.17 bits per heavy atom. The van der Waals surface area contributed by atoms with Crippen LogP contribution in [0.3, 0.4) is 0 Å². The molecular weight excluding hydrogens is 408 g/mol. The number of aldehydes is 1. The third-order valence-corrected chi connectivity index (χ3v) is 8.22. The summed E-state index contributed by atoms with van der Waals surface area (Å²) in [6, 6.07) is 0.383. The van der Waals surface area contributed by atoms with Crippen LogP contribution in [0.25, 0.3) is 10.2 Å². The van der Waals surface area contributed by atoms with Gasteiger partial charge in [-0.2, -0.15) is 0 Å². The molecule has 1 atom stereocenters. The van der Waals surface area contributed by atoms with Gasteiger partial charge in [-0.25, -0.2) is 18.7 Å². The first kappa shape index (κ1) is 20.2. The van der Waals surface area contributed by atoms with Crippen molar-refractivity contribution in [3.8, 4) is 5.88 Å². The molecule has 0 bridgehead atoms. The Morgan fingerprint density at radius 3 is 2.67 bits per heavy atom. The lowest BCUT2D eigenvalue weighted by molar-refractivity contribution is -0.108. The second-order valence-corrected chi connectivity index (χ2v) is 9.96. The molecule has 5 rings (SSSR count). The SMILES string of the molecule is O=CC[C@H]1CCc2sc3ncnc(OC4CCC(N5CCC(F)(F)CC5)CC4)c3c21. The van der Waals surface area contributed by atoms with E-state index in [1.54, 1.807) is 17.7 Å². The number of carbonyl (C=O) groups excluding carboxylic acids is 1. The molecule has 5 nitrogen and oxygen atoms in total. The van der Waals surface area contributed by atoms with Gasteiger partial charge in [-0.05, 0) is 50.0 Å². The third-order valence-electron chi connectivity index (χ3n) is 7.04. The van der Waals surface area contributed by atoms with Crippen LogP contribution in [0.4, 0.5) is 8.78 Å². The Hall–Kier alpha value is -1.67. The minimum atomic E-state index is -2.49. The van der Waals surface area contributed by atoms with Crippen LogP contribution in [0, 0.1) is 0 Å². The van der Waals surface area contributed by atoms with Gasteiger partial charge < -0.3 is 9.53 Å². The van der Waals surface area contributed by atoms with Gasteiger partial charge in [0.05, 0.1) is 5.39 Å². The highest BCUT2D eigenvalue weighted by atomic mass is 32.1. The van der Waals surface area contributed by atoms with Gasteiger partial charge in [0.2, 0.25) is 5.88 Å². The zero-order valence-corrected chi connectivity index (χ0v) is 17.8. The molecule has 0 spiro atoms. The number of nitrogens with zero attached hydrogens (tertiary/aromatic N) is 3. The van der Waals surface area contributed by atoms with Crippen molar-refractivity contribution in [2.45, 2.75) is 81.8 Å². The van der Waals surface area contributed by atoms with Gasteiger partial charge in [0, 0.05) is 43.3 Å². The van der Waals surface area contributed by atoms with E-state index in [1.165, 1.54) is 10.4 Å². The molecular formula is C22H27F2N3O2S. The molecule has 2 aromatic heterocycles. The summed E-state index contributed by atoms with van der Waals surface area (Å²) < 4.78 is 33.3. The Bertz CT molecular complexity index is 916. The number of hydrogen-bond donors (Lipinski definition) is 0. The number of carbonyl (C=O) groups is 1. The van der Waals surface area contributed by atoms with Crippen LogP contribution in [0.1, 0.15) is 67.7 Å². The highest BCUT2D eigenvalue weighted by Gasteiger charge is 2.37. The molecule has 0 amide bonds. The first-order chi connectivity index (χ1) is 14.5. The van der Waals surface area contributed by atoms with Crippen molar-refractivity contribution in [1.29, 1.82) is 0 Å². The lowest BCUT2D eigenvalue weighted by atomic mass is 9.90. The predicted octanol–water partition coefficient (Wildman–Crippen LogP) is 4.73. The normalized spacial score (nSPS) is 29.1. The van der Waals surface area contributed by atoms with E-state index in [2.05, 4.69) is 14.9 Å². The average molecular weight is 436 g/mol. The fourth-order valence-electron chi connectivity index (χ4n) is 5.38. The van der Waals surface area contributed by atoms with Crippen molar-refractivity contribution in [3.05, 3.63) is 16.8 Å². The number of thiophene rings is 1. The van der Waals surface area contributed by atoms with Crippen molar-refractivity contribution >= 4 is 27.8 Å². The van der Waals surface area contributed by atoms with Crippen LogP contribution < -0.4 is 4.74 Å². The monoisotopic (exact) mass is 435 g/mol. The van der Waals surface area contributed by atoms with E-state index < -0.39 is 5.92 Å². The van der Waals surface area contributed by atoms with Crippen LogP contribution in [0.5, 0.6) is 5.88 Å². The highest BCUT2D eigenvalue weighted by molar-refractivity contribution is 7.19. The molecule has 0 aromatic carbocycles. The molecule has 0 unspecified atom stereocenters. The van der Waals surface area contributed by atoms with Crippen molar-refractivity contribution in [1.82, 2.24) is 14.9 Å². The molecule has 2 aliphatic carbocycles. The number of piperidine rings is 1. The first-order valence-corrected chi connectivity index (χ1v) is 11.8. The first-order valence-electron chi connectivity index (χ1n) is 11.0. The maximum atomic E-state index is 13.4. The van der Waals surface area contributed by atoms with E-state index in [1.807, 2.05) is 0 Å². The Kier molecular flexibility index (Phi) is 5.47. The largest absolute Gasteiger partial charge is 0.474 e. The molecule has 1 saturated carbocycles. The smallest absolute Gasteiger partial charge is 0.250 e. The number of halogens is 2. The summed E-state index contributed by atoms with van der Waals surface area (Å²) >= 11 is 1.70. The molecule has 162 valence electrons. The molecule has 2 aromatic rings. The number of likely N-dealkylation sites (tertiary alicyclic amines) is 1. The van der Waals surface area contributed by atoms with Crippen molar-refractivity contribution in [2.75, 3.05) is 13.1 Å². The molecule has 2 fully saturated rings. The Morgan fingerprint density at radius 2 is 1.93 bits per heavy atom. The maximum Gasteiger partial charge on any atom is 0.250 e. The van der Waals surface area contributed by atoms with Gasteiger partial charge in [0.15, 0.2) is 0 Å². The molecule has 0 N–H and O–H groups in total. The number of ether oxygens (including phenoxy) is 1. The van der Waals surface area contributed by atoms with Crippen LogP contribution in [0.15, 0.2) is 6.33 Å². The number of rotatable bonds is 5. The van der Waals surface area contributed by atoms with Gasteiger partial charge in [-0.1, -0.05) is 0 Å². The lowest BCUT2D eigenvalue weighted by Crippen LogP contribution is -2.47. The van der Waals surface area contributed by atoms with E-state index in [0.717, 1.165) is 55.0 Å². The number of fused-ring (bicyclic) bond motifs is 3. The van der Waals surface area contributed by atoms with Crippen LogP contribution in [0.2, 0.25) is 0 Å². The Labute approximate surface area is 178 Å². The van der Waals surface area contributed by atoms with Crippen molar-refractivity contribution in [3.63, 3.8) is 0 Å². The third kappa shape index (κ3) is 3.84. The minimum absolute atomic E-state index is 0.0203. The highest BCUT2D eigenvalue weighted by Crippen LogP contribution is 2.47. The van der Waals surface area contributed by atoms with Gasteiger partial charge in [0.25, 0.3) is 5.92 Å². The zero-order chi connectivity index (χ0) is 20.7. The van der Waals surface area contributed by atoms with Gasteiger partial charge in [-0.3, -0.25) is 4.90 Å². The second kappa shape index (κ2) is 8.11. The second-order valence-electron chi connectivity index (χ2n) is 8.88. The molecule has 1 aliphatic heterocycles. The molecule has 3 aliphatic rings. The molecule has 0 radical (unpaired) electrons. The van der Waals surface area contributed by atoms with E-state index in [9.17, 15) is 13.6 Å². The topological polar surface area (TPSA) is 55.3 Å². The van der Waals surface area contributed by atoms with Gasteiger partial charge in [0.1, 0.15) is 23.5 Å². The van der Waals surface area contributed by atoms with Crippen LogP contribution in [-0.2, 0) is 11.2 Å². The van der Waals surface area contributed by atoms with Gasteiger partial charge >= 0.3 is 0 Å². The number of hydrogen-bond acceptors (Lipinski definition) is 6. The maximum absolute atomic E-state index is 13.4. The molecule has 8 heteroatoms. The summed E-state index contributed by atoms with van der Waals surface area (Å²) in [6.45, 7) is 0.990. The summed E-state index contributed by atoms with van der Waals surface area (Å²) in [5.74, 6) is -1.60. The summed E-state index contributed by atoms with van der Waals surface area (Å²) in [4.78, 5) is 24.5. The van der Waals surface area contributed by atoms with E-state index >= 15 is 0 Å². The summed E-state index contributed by atoms with van der Waals surface area (Å²) in [5.41, 5.74) is 1.22.